The van der Waals surface area contributed by atoms with Gasteiger partial charge in [0.15, 0.2) is 9.84 Å². The van der Waals surface area contributed by atoms with Crippen LogP contribution in [-0.4, -0.2) is 26.0 Å². The summed E-state index contributed by atoms with van der Waals surface area (Å²) in [4.78, 5) is 14.2. The zero-order valence-electron chi connectivity index (χ0n) is 8.24. The first-order valence-corrected chi connectivity index (χ1v) is 6.42. The SMILES string of the molecule is CCOC(=O)c1[nH]cc2c1CS(=O)(=O)C2. The Labute approximate surface area is 87.4 Å². The van der Waals surface area contributed by atoms with Crippen LogP contribution in [0.4, 0.5) is 0 Å². The smallest absolute Gasteiger partial charge is 0.355 e. The van der Waals surface area contributed by atoms with E-state index < -0.39 is 15.8 Å². The summed E-state index contributed by atoms with van der Waals surface area (Å²) >= 11 is 0. The van der Waals surface area contributed by atoms with Crippen molar-refractivity contribution >= 4 is 15.8 Å². The quantitative estimate of drug-likeness (QED) is 0.754. The fourth-order valence-corrected chi connectivity index (χ4v) is 3.28. The van der Waals surface area contributed by atoms with E-state index in [0.717, 1.165) is 0 Å². The lowest BCUT2D eigenvalue weighted by Gasteiger charge is -2.00. The molecule has 0 saturated heterocycles. The second-order valence-electron chi connectivity index (χ2n) is 3.42. The molecule has 1 aromatic rings. The van der Waals surface area contributed by atoms with Crippen LogP contribution in [0, 0.1) is 0 Å². The van der Waals surface area contributed by atoms with Crippen LogP contribution in [-0.2, 0) is 26.1 Å². The van der Waals surface area contributed by atoms with Gasteiger partial charge in [0, 0.05) is 11.8 Å². The molecule has 0 radical (unpaired) electrons. The molecular formula is C9H11NO4S. The molecule has 2 heterocycles. The van der Waals surface area contributed by atoms with Crippen molar-refractivity contribution in [3.8, 4) is 0 Å². The van der Waals surface area contributed by atoms with Crippen LogP contribution in [0.15, 0.2) is 6.20 Å². The van der Waals surface area contributed by atoms with E-state index in [1.165, 1.54) is 0 Å². The molecule has 0 spiro atoms. The highest BCUT2D eigenvalue weighted by molar-refractivity contribution is 7.90. The molecule has 2 rings (SSSR count). The summed E-state index contributed by atoms with van der Waals surface area (Å²) < 4.78 is 27.4. The van der Waals surface area contributed by atoms with Crippen LogP contribution < -0.4 is 0 Å². The van der Waals surface area contributed by atoms with Crippen LogP contribution in [0.2, 0.25) is 0 Å². The summed E-state index contributed by atoms with van der Waals surface area (Å²) in [5.41, 5.74) is 1.51. The summed E-state index contributed by atoms with van der Waals surface area (Å²) in [5.74, 6) is -0.547. The minimum Gasteiger partial charge on any atom is -0.461 e. The molecule has 0 aromatic carbocycles. The van der Waals surface area contributed by atoms with E-state index in [0.29, 0.717) is 11.1 Å². The first-order valence-electron chi connectivity index (χ1n) is 4.60. The van der Waals surface area contributed by atoms with Crippen molar-refractivity contribution in [1.29, 1.82) is 0 Å². The average Bonchev–Trinajstić information content (AvgIpc) is 2.59. The van der Waals surface area contributed by atoms with Crippen molar-refractivity contribution in [3.63, 3.8) is 0 Å². The standard InChI is InChI=1S/C9H11NO4S/c1-2-14-9(11)8-7-5-15(12,13)4-6(7)3-10-8/h3,10H,2,4-5H2,1H3. The summed E-state index contributed by atoms with van der Waals surface area (Å²) in [6.45, 7) is 1.98. The third kappa shape index (κ3) is 1.77. The largest absolute Gasteiger partial charge is 0.461 e. The molecule has 0 amide bonds. The Bertz CT molecular complexity index is 500. The fourth-order valence-electron chi connectivity index (χ4n) is 1.68. The van der Waals surface area contributed by atoms with E-state index in [1.54, 1.807) is 13.1 Å². The number of esters is 1. The van der Waals surface area contributed by atoms with Gasteiger partial charge in [-0.2, -0.15) is 0 Å². The predicted octanol–water partition coefficient (Wildman–Crippen LogP) is 0.620. The highest BCUT2D eigenvalue weighted by atomic mass is 32.2. The van der Waals surface area contributed by atoms with Crippen molar-refractivity contribution in [2.75, 3.05) is 6.61 Å². The average molecular weight is 229 g/mol. The van der Waals surface area contributed by atoms with Gasteiger partial charge >= 0.3 is 5.97 Å². The molecule has 82 valence electrons. The molecule has 0 aliphatic carbocycles. The molecule has 0 fully saturated rings. The molecule has 5 nitrogen and oxygen atoms in total. The number of sulfone groups is 1. The van der Waals surface area contributed by atoms with Crippen molar-refractivity contribution in [2.24, 2.45) is 0 Å². The van der Waals surface area contributed by atoms with E-state index in [2.05, 4.69) is 4.98 Å². The highest BCUT2D eigenvalue weighted by Crippen LogP contribution is 2.28. The van der Waals surface area contributed by atoms with Crippen molar-refractivity contribution in [1.82, 2.24) is 4.98 Å². The number of fused-ring (bicyclic) bond motifs is 1. The number of ether oxygens (including phenoxy) is 1. The van der Waals surface area contributed by atoms with Gasteiger partial charge in [-0.25, -0.2) is 13.2 Å². The van der Waals surface area contributed by atoms with Crippen LogP contribution in [0.1, 0.15) is 28.5 Å². The number of carbonyl (C=O) groups is 1. The number of hydrogen-bond donors (Lipinski definition) is 1. The summed E-state index contributed by atoms with van der Waals surface area (Å²) in [7, 11) is -3.06. The predicted molar refractivity (Wildman–Crippen MR) is 53.1 cm³/mol. The van der Waals surface area contributed by atoms with Gasteiger partial charge in [-0.1, -0.05) is 0 Å². The Morgan fingerprint density at radius 1 is 1.53 bits per heavy atom. The second-order valence-corrected chi connectivity index (χ2v) is 5.48. The molecule has 0 saturated carbocycles. The van der Waals surface area contributed by atoms with Gasteiger partial charge in [0.25, 0.3) is 0 Å². The lowest BCUT2D eigenvalue weighted by atomic mass is 10.2. The van der Waals surface area contributed by atoms with E-state index in [9.17, 15) is 13.2 Å². The number of aromatic amines is 1. The van der Waals surface area contributed by atoms with Gasteiger partial charge in [0.2, 0.25) is 0 Å². The van der Waals surface area contributed by atoms with Crippen LogP contribution in [0.5, 0.6) is 0 Å². The molecule has 1 aromatic heterocycles. The number of nitrogens with one attached hydrogen (secondary N) is 1. The van der Waals surface area contributed by atoms with E-state index in [1.807, 2.05) is 0 Å². The summed E-state index contributed by atoms with van der Waals surface area (Å²) in [6, 6.07) is 0. The minimum atomic E-state index is -3.06. The highest BCUT2D eigenvalue weighted by Gasteiger charge is 2.30. The van der Waals surface area contributed by atoms with Gasteiger partial charge < -0.3 is 9.72 Å². The summed E-state index contributed by atoms with van der Waals surface area (Å²) in [6.07, 6.45) is 1.56. The van der Waals surface area contributed by atoms with E-state index in [4.69, 9.17) is 4.74 Å². The van der Waals surface area contributed by atoms with Crippen molar-refractivity contribution in [3.05, 3.63) is 23.0 Å². The number of hydrogen-bond acceptors (Lipinski definition) is 4. The molecular weight excluding hydrogens is 218 g/mol. The number of H-pyrrole nitrogens is 1. The molecule has 0 bridgehead atoms. The molecule has 1 aliphatic rings. The number of carbonyl (C=O) groups excluding carboxylic acids is 1. The minimum absolute atomic E-state index is 0.0121. The van der Waals surface area contributed by atoms with Crippen LogP contribution >= 0.6 is 0 Å². The maximum Gasteiger partial charge on any atom is 0.355 e. The zero-order valence-corrected chi connectivity index (χ0v) is 9.06. The Morgan fingerprint density at radius 3 is 2.93 bits per heavy atom. The van der Waals surface area contributed by atoms with Crippen molar-refractivity contribution < 1.29 is 17.9 Å². The third-order valence-electron chi connectivity index (χ3n) is 2.30. The van der Waals surface area contributed by atoms with E-state index >= 15 is 0 Å². The van der Waals surface area contributed by atoms with Crippen LogP contribution in [0.25, 0.3) is 0 Å². The molecule has 1 aliphatic heterocycles. The first kappa shape index (κ1) is 10.2. The Balaban J connectivity index is 2.35. The van der Waals surface area contributed by atoms with Gasteiger partial charge in [0.1, 0.15) is 5.69 Å². The fraction of sp³-hybridized carbons (Fsp3) is 0.444. The van der Waals surface area contributed by atoms with Crippen LogP contribution in [0.3, 0.4) is 0 Å². The topological polar surface area (TPSA) is 76.2 Å². The van der Waals surface area contributed by atoms with Gasteiger partial charge in [-0.3, -0.25) is 0 Å². The Morgan fingerprint density at radius 2 is 2.27 bits per heavy atom. The molecule has 1 N–H and O–H groups in total. The zero-order chi connectivity index (χ0) is 11.1. The Hall–Kier alpha value is -1.30. The maximum absolute atomic E-state index is 11.4. The lowest BCUT2D eigenvalue weighted by molar-refractivity contribution is 0.0519. The van der Waals surface area contributed by atoms with E-state index in [-0.39, 0.29) is 23.8 Å². The number of rotatable bonds is 2. The molecule has 15 heavy (non-hydrogen) atoms. The van der Waals surface area contributed by atoms with Gasteiger partial charge in [0.05, 0.1) is 18.1 Å². The monoisotopic (exact) mass is 229 g/mol. The second kappa shape index (κ2) is 3.37. The molecule has 0 atom stereocenters. The summed E-state index contributed by atoms with van der Waals surface area (Å²) in [5, 5.41) is 0. The van der Waals surface area contributed by atoms with Gasteiger partial charge in [-0.05, 0) is 12.5 Å². The maximum atomic E-state index is 11.4. The normalized spacial score (nSPS) is 17.4. The number of aromatic nitrogens is 1. The molecule has 6 heteroatoms. The molecule has 0 unspecified atom stereocenters. The first-order chi connectivity index (χ1) is 7.03. The van der Waals surface area contributed by atoms with Gasteiger partial charge in [-0.15, -0.1) is 0 Å². The lowest BCUT2D eigenvalue weighted by Crippen LogP contribution is -2.08. The van der Waals surface area contributed by atoms with Crippen molar-refractivity contribution in [2.45, 2.75) is 18.4 Å². The third-order valence-corrected chi connectivity index (χ3v) is 3.78. The Kier molecular flexibility index (Phi) is 2.30.